The lowest BCUT2D eigenvalue weighted by molar-refractivity contribution is -0.141. The fourth-order valence-corrected chi connectivity index (χ4v) is 1.80. The summed E-state index contributed by atoms with van der Waals surface area (Å²) in [4.78, 5) is 12.6. The number of carboxylic acids is 1. The molecule has 0 radical (unpaired) electrons. The van der Waals surface area contributed by atoms with Crippen molar-refractivity contribution in [2.75, 3.05) is 13.6 Å². The summed E-state index contributed by atoms with van der Waals surface area (Å²) in [5, 5.41) is 8.77. The second-order valence-electron chi connectivity index (χ2n) is 4.14. The molecule has 0 spiro atoms. The van der Waals surface area contributed by atoms with E-state index in [2.05, 4.69) is 13.8 Å². The van der Waals surface area contributed by atoms with Gasteiger partial charge in [0.25, 0.3) is 0 Å². The van der Waals surface area contributed by atoms with Gasteiger partial charge in [0.05, 0.1) is 0 Å². The third-order valence-electron chi connectivity index (χ3n) is 2.24. The molecular formula is C8H15NO2. The van der Waals surface area contributed by atoms with Gasteiger partial charge in [-0.3, -0.25) is 9.69 Å². The van der Waals surface area contributed by atoms with Gasteiger partial charge in [-0.1, -0.05) is 13.8 Å². The monoisotopic (exact) mass is 157 g/mol. The highest BCUT2D eigenvalue weighted by Crippen LogP contribution is 2.32. The van der Waals surface area contributed by atoms with Gasteiger partial charge in [-0.05, 0) is 18.9 Å². The van der Waals surface area contributed by atoms with Gasteiger partial charge in [-0.15, -0.1) is 0 Å². The quantitative estimate of drug-likeness (QED) is 0.612. The van der Waals surface area contributed by atoms with Crippen molar-refractivity contribution in [2.24, 2.45) is 5.41 Å². The summed E-state index contributed by atoms with van der Waals surface area (Å²) in [7, 11) is 1.87. The van der Waals surface area contributed by atoms with Crippen molar-refractivity contribution in [3.8, 4) is 0 Å². The standard InChI is InChI=1S/C8H15NO2/c1-8(2)4-6(7(10)11)9(3)5-8/h6H,4-5H2,1-3H3,(H,10,11)/t6-/m0/s1. The molecule has 1 rings (SSSR count). The van der Waals surface area contributed by atoms with E-state index in [0.717, 1.165) is 13.0 Å². The number of hydrogen-bond acceptors (Lipinski definition) is 2. The van der Waals surface area contributed by atoms with Gasteiger partial charge in [0.15, 0.2) is 0 Å². The number of rotatable bonds is 1. The Kier molecular flexibility index (Phi) is 1.92. The van der Waals surface area contributed by atoms with Crippen LogP contribution in [-0.2, 0) is 4.79 Å². The lowest BCUT2D eigenvalue weighted by Crippen LogP contribution is -2.32. The predicted octanol–water partition coefficient (Wildman–Crippen LogP) is 0.801. The van der Waals surface area contributed by atoms with Crippen LogP contribution in [0.5, 0.6) is 0 Å². The van der Waals surface area contributed by atoms with Crippen LogP contribution in [0.3, 0.4) is 0 Å². The van der Waals surface area contributed by atoms with Gasteiger partial charge in [0, 0.05) is 6.54 Å². The molecule has 3 heteroatoms. The Labute approximate surface area is 67.0 Å². The molecule has 1 atom stereocenters. The zero-order chi connectivity index (χ0) is 8.65. The highest BCUT2D eigenvalue weighted by molar-refractivity contribution is 5.74. The average Bonchev–Trinajstić information content (AvgIpc) is 2.05. The molecule has 0 aliphatic carbocycles. The number of carbonyl (C=O) groups is 1. The van der Waals surface area contributed by atoms with Gasteiger partial charge < -0.3 is 5.11 Å². The molecule has 64 valence electrons. The SMILES string of the molecule is CN1CC(C)(C)C[C@H]1C(=O)O. The molecule has 1 heterocycles. The van der Waals surface area contributed by atoms with Gasteiger partial charge >= 0.3 is 5.97 Å². The van der Waals surface area contributed by atoms with Crippen molar-refractivity contribution in [2.45, 2.75) is 26.3 Å². The zero-order valence-corrected chi connectivity index (χ0v) is 7.29. The summed E-state index contributed by atoms with van der Waals surface area (Å²) < 4.78 is 0. The van der Waals surface area contributed by atoms with E-state index in [1.165, 1.54) is 0 Å². The molecular weight excluding hydrogens is 142 g/mol. The molecule has 0 aromatic carbocycles. The van der Waals surface area contributed by atoms with E-state index >= 15 is 0 Å². The van der Waals surface area contributed by atoms with Crippen LogP contribution in [-0.4, -0.2) is 35.6 Å². The van der Waals surface area contributed by atoms with Crippen molar-refractivity contribution < 1.29 is 9.90 Å². The van der Waals surface area contributed by atoms with E-state index in [-0.39, 0.29) is 11.5 Å². The zero-order valence-electron chi connectivity index (χ0n) is 7.29. The Balaban J connectivity index is 2.66. The van der Waals surface area contributed by atoms with Crippen molar-refractivity contribution in [1.29, 1.82) is 0 Å². The molecule has 0 aromatic rings. The first-order valence-electron chi connectivity index (χ1n) is 3.85. The van der Waals surface area contributed by atoms with Crippen molar-refractivity contribution >= 4 is 5.97 Å². The third kappa shape index (κ3) is 1.71. The summed E-state index contributed by atoms with van der Waals surface area (Å²) in [6.07, 6.45) is 0.763. The summed E-state index contributed by atoms with van der Waals surface area (Å²) in [6.45, 7) is 5.09. The first-order chi connectivity index (χ1) is 4.92. The van der Waals surface area contributed by atoms with Crippen LogP contribution >= 0.6 is 0 Å². The van der Waals surface area contributed by atoms with Gasteiger partial charge in [-0.25, -0.2) is 0 Å². The largest absolute Gasteiger partial charge is 0.480 e. The maximum Gasteiger partial charge on any atom is 0.320 e. The average molecular weight is 157 g/mol. The second-order valence-corrected chi connectivity index (χ2v) is 4.14. The molecule has 1 N–H and O–H groups in total. The highest BCUT2D eigenvalue weighted by atomic mass is 16.4. The summed E-state index contributed by atoms with van der Waals surface area (Å²) in [6, 6.07) is -0.273. The molecule has 1 saturated heterocycles. The Bertz CT molecular complexity index is 177. The van der Waals surface area contributed by atoms with Crippen LogP contribution < -0.4 is 0 Å². The molecule has 1 fully saturated rings. The van der Waals surface area contributed by atoms with E-state index in [0.29, 0.717) is 0 Å². The van der Waals surface area contributed by atoms with Crippen LogP contribution in [0.4, 0.5) is 0 Å². The number of carboxylic acid groups (broad SMARTS) is 1. The lowest BCUT2D eigenvalue weighted by Gasteiger charge is -2.15. The summed E-state index contributed by atoms with van der Waals surface area (Å²) in [5.74, 6) is -0.696. The normalized spacial score (nSPS) is 30.6. The molecule has 0 unspecified atom stereocenters. The summed E-state index contributed by atoms with van der Waals surface area (Å²) >= 11 is 0. The van der Waals surface area contributed by atoms with E-state index < -0.39 is 5.97 Å². The smallest absolute Gasteiger partial charge is 0.320 e. The van der Waals surface area contributed by atoms with Gasteiger partial charge in [0.1, 0.15) is 6.04 Å². The lowest BCUT2D eigenvalue weighted by atomic mass is 9.91. The van der Waals surface area contributed by atoms with Gasteiger partial charge in [0.2, 0.25) is 0 Å². The number of likely N-dealkylation sites (tertiary alicyclic amines) is 1. The highest BCUT2D eigenvalue weighted by Gasteiger charge is 2.38. The minimum atomic E-state index is -0.696. The molecule has 11 heavy (non-hydrogen) atoms. The summed E-state index contributed by atoms with van der Waals surface area (Å²) in [5.41, 5.74) is 0.164. The predicted molar refractivity (Wildman–Crippen MR) is 42.5 cm³/mol. The third-order valence-corrected chi connectivity index (χ3v) is 2.24. The van der Waals surface area contributed by atoms with Crippen molar-refractivity contribution in [1.82, 2.24) is 4.90 Å². The fraction of sp³-hybridized carbons (Fsp3) is 0.875. The van der Waals surface area contributed by atoms with Crippen molar-refractivity contribution in [3.63, 3.8) is 0 Å². The first-order valence-corrected chi connectivity index (χ1v) is 3.85. The number of nitrogens with zero attached hydrogens (tertiary/aromatic N) is 1. The Morgan fingerprint density at radius 3 is 2.36 bits per heavy atom. The Morgan fingerprint density at radius 2 is 2.18 bits per heavy atom. The van der Waals surface area contributed by atoms with E-state index in [1.54, 1.807) is 0 Å². The minimum Gasteiger partial charge on any atom is -0.480 e. The van der Waals surface area contributed by atoms with Crippen molar-refractivity contribution in [3.05, 3.63) is 0 Å². The first kappa shape index (κ1) is 8.53. The second kappa shape index (κ2) is 2.48. The Hall–Kier alpha value is -0.570. The van der Waals surface area contributed by atoms with E-state index in [4.69, 9.17) is 5.11 Å². The van der Waals surface area contributed by atoms with E-state index in [9.17, 15) is 4.79 Å². The molecule has 0 aromatic heterocycles. The van der Waals surface area contributed by atoms with Crippen LogP contribution in [0.2, 0.25) is 0 Å². The van der Waals surface area contributed by atoms with Crippen LogP contribution in [0.25, 0.3) is 0 Å². The van der Waals surface area contributed by atoms with Gasteiger partial charge in [-0.2, -0.15) is 0 Å². The number of hydrogen-bond donors (Lipinski definition) is 1. The number of likely N-dealkylation sites (N-methyl/N-ethyl adjacent to an activating group) is 1. The minimum absolute atomic E-state index is 0.164. The molecule has 1 aliphatic rings. The maximum atomic E-state index is 10.7. The van der Waals surface area contributed by atoms with E-state index in [1.807, 2.05) is 11.9 Å². The number of aliphatic carboxylic acids is 1. The topological polar surface area (TPSA) is 40.5 Å². The fourth-order valence-electron chi connectivity index (χ4n) is 1.80. The van der Waals surface area contributed by atoms with Crippen LogP contribution in [0.15, 0.2) is 0 Å². The molecule has 0 bridgehead atoms. The molecule has 0 saturated carbocycles. The molecule has 0 amide bonds. The van der Waals surface area contributed by atoms with Crippen LogP contribution in [0, 0.1) is 5.41 Å². The van der Waals surface area contributed by atoms with Crippen LogP contribution in [0.1, 0.15) is 20.3 Å². The molecule has 1 aliphatic heterocycles. The Morgan fingerprint density at radius 1 is 1.64 bits per heavy atom. The molecule has 3 nitrogen and oxygen atoms in total. The maximum absolute atomic E-state index is 10.7.